The molecule has 0 fully saturated rings. The Hall–Kier alpha value is -3.23. The van der Waals surface area contributed by atoms with Gasteiger partial charge in [0, 0.05) is 19.6 Å². The zero-order valence-electron chi connectivity index (χ0n) is 22.3. The maximum Gasteiger partial charge on any atom is 0.243 e. The van der Waals surface area contributed by atoms with E-state index < -0.39 is 22.0 Å². The average molecular weight is 524 g/mol. The predicted molar refractivity (Wildman–Crippen MR) is 147 cm³/mol. The summed E-state index contributed by atoms with van der Waals surface area (Å²) in [6.45, 7) is 7.55. The number of benzene rings is 3. The molecule has 3 rings (SSSR count). The van der Waals surface area contributed by atoms with Crippen molar-refractivity contribution < 1.29 is 18.0 Å². The van der Waals surface area contributed by atoms with Gasteiger partial charge in [-0.05, 0) is 55.2 Å². The molecule has 0 radical (unpaired) electrons. The van der Waals surface area contributed by atoms with Crippen molar-refractivity contribution in [2.24, 2.45) is 0 Å². The number of amides is 2. The second-order valence-corrected chi connectivity index (χ2v) is 11.6. The summed E-state index contributed by atoms with van der Waals surface area (Å²) in [5, 5.41) is 4.71. The van der Waals surface area contributed by atoms with E-state index in [1.54, 1.807) is 18.2 Å². The summed E-state index contributed by atoms with van der Waals surface area (Å²) in [6, 6.07) is 19.4. The van der Waals surface area contributed by atoms with Gasteiger partial charge in [-0.2, -0.15) is 4.31 Å². The van der Waals surface area contributed by atoms with E-state index in [9.17, 15) is 18.0 Å². The van der Waals surface area contributed by atoms with Gasteiger partial charge in [-0.15, -0.1) is 0 Å². The van der Waals surface area contributed by atoms with Crippen molar-refractivity contribution in [3.05, 3.63) is 77.9 Å². The van der Waals surface area contributed by atoms with E-state index in [1.165, 1.54) is 11.9 Å². The lowest BCUT2D eigenvalue weighted by atomic mass is 10.1. The minimum Gasteiger partial charge on any atom is -0.352 e. The predicted octanol–water partition coefficient (Wildman–Crippen LogP) is 4.49. The molecule has 0 spiro atoms. The summed E-state index contributed by atoms with van der Waals surface area (Å²) in [7, 11) is -2.53. The minimum atomic E-state index is -3.93. The molecule has 3 aromatic carbocycles. The van der Waals surface area contributed by atoms with Crippen LogP contribution in [0.5, 0.6) is 0 Å². The molecular formula is C29H37N3O4S. The summed E-state index contributed by atoms with van der Waals surface area (Å²) in [5.41, 5.74) is 1.96. The number of sulfonamides is 1. The monoisotopic (exact) mass is 523 g/mol. The first kappa shape index (κ1) is 28.3. The molecule has 198 valence electrons. The third-order valence-corrected chi connectivity index (χ3v) is 8.45. The van der Waals surface area contributed by atoms with Crippen LogP contribution in [0.2, 0.25) is 0 Å². The molecule has 0 unspecified atom stereocenters. The lowest BCUT2D eigenvalue weighted by Crippen LogP contribution is -2.53. The molecule has 8 heteroatoms. The number of rotatable bonds is 11. The van der Waals surface area contributed by atoms with E-state index in [2.05, 4.69) is 5.32 Å². The Morgan fingerprint density at radius 1 is 0.919 bits per heavy atom. The van der Waals surface area contributed by atoms with Crippen LogP contribution in [0.4, 0.5) is 0 Å². The highest BCUT2D eigenvalue weighted by atomic mass is 32.2. The van der Waals surface area contributed by atoms with Crippen molar-refractivity contribution in [3.63, 3.8) is 0 Å². The number of carbonyl (C=O) groups excluding carboxylic acids is 2. The Kier molecular flexibility index (Phi) is 9.45. The fourth-order valence-electron chi connectivity index (χ4n) is 4.12. The molecule has 0 aromatic heterocycles. The van der Waals surface area contributed by atoms with Gasteiger partial charge in [-0.3, -0.25) is 9.59 Å². The highest BCUT2D eigenvalue weighted by molar-refractivity contribution is 7.89. The fraction of sp³-hybridized carbons (Fsp3) is 0.379. The zero-order chi connectivity index (χ0) is 27.2. The van der Waals surface area contributed by atoms with E-state index in [0.29, 0.717) is 6.42 Å². The lowest BCUT2D eigenvalue weighted by Gasteiger charge is -2.32. The Bertz CT molecular complexity index is 1340. The molecule has 7 nitrogen and oxygen atoms in total. The smallest absolute Gasteiger partial charge is 0.243 e. The molecule has 1 N–H and O–H groups in total. The van der Waals surface area contributed by atoms with Crippen molar-refractivity contribution in [2.75, 3.05) is 13.6 Å². The Morgan fingerprint density at radius 3 is 2.19 bits per heavy atom. The first-order chi connectivity index (χ1) is 17.6. The number of hydrogen-bond acceptors (Lipinski definition) is 4. The van der Waals surface area contributed by atoms with Gasteiger partial charge in [-0.25, -0.2) is 8.42 Å². The minimum absolute atomic E-state index is 0.0335. The summed E-state index contributed by atoms with van der Waals surface area (Å²) in [5.74, 6) is -0.670. The highest BCUT2D eigenvalue weighted by Crippen LogP contribution is 2.22. The number of nitrogens with one attached hydrogen (secondary N) is 1. The van der Waals surface area contributed by atoms with E-state index in [1.807, 2.05) is 76.2 Å². The van der Waals surface area contributed by atoms with Crippen LogP contribution in [0.25, 0.3) is 10.8 Å². The molecule has 2 atom stereocenters. The summed E-state index contributed by atoms with van der Waals surface area (Å²) in [6.07, 6.45) is 1.17. The number of aryl methyl sites for hydroxylation is 1. The number of nitrogens with zero attached hydrogens (tertiary/aromatic N) is 2. The molecule has 0 bridgehead atoms. The third kappa shape index (κ3) is 6.96. The van der Waals surface area contributed by atoms with Crippen LogP contribution >= 0.6 is 0 Å². The van der Waals surface area contributed by atoms with Crippen LogP contribution in [0.1, 0.15) is 44.7 Å². The topological polar surface area (TPSA) is 86.8 Å². The van der Waals surface area contributed by atoms with Crippen molar-refractivity contribution in [1.29, 1.82) is 0 Å². The van der Waals surface area contributed by atoms with Crippen molar-refractivity contribution in [1.82, 2.24) is 14.5 Å². The van der Waals surface area contributed by atoms with Gasteiger partial charge in [0.05, 0.1) is 11.4 Å². The van der Waals surface area contributed by atoms with Crippen LogP contribution in [0.3, 0.4) is 0 Å². The standard InChI is InChI=1S/C29H37N3O4S/c1-6-22(4)30-29(34)27(7-2)32(19-23-14-12-21(3)13-15-23)28(33)20-31(5)37(35,36)26-17-16-24-10-8-9-11-25(24)18-26/h8-18,22,27H,6-7,19-20H2,1-5H3,(H,30,34)/t22-,27+/m1/s1. The molecule has 0 saturated carbocycles. The van der Waals surface area contributed by atoms with Crippen LogP contribution in [0, 0.1) is 6.92 Å². The van der Waals surface area contributed by atoms with Gasteiger partial charge >= 0.3 is 0 Å². The molecule has 0 heterocycles. The maximum atomic E-state index is 13.6. The maximum absolute atomic E-state index is 13.6. The van der Waals surface area contributed by atoms with Gasteiger partial charge < -0.3 is 10.2 Å². The Morgan fingerprint density at radius 2 is 1.57 bits per heavy atom. The van der Waals surface area contributed by atoms with Crippen LogP contribution in [-0.2, 0) is 26.2 Å². The van der Waals surface area contributed by atoms with Gasteiger partial charge in [0.2, 0.25) is 21.8 Å². The van der Waals surface area contributed by atoms with Crippen LogP contribution < -0.4 is 5.32 Å². The fourth-order valence-corrected chi connectivity index (χ4v) is 5.28. The van der Waals surface area contributed by atoms with Gasteiger partial charge in [0.15, 0.2) is 0 Å². The molecule has 2 amide bonds. The largest absolute Gasteiger partial charge is 0.352 e. The average Bonchev–Trinajstić information content (AvgIpc) is 2.89. The molecular weight excluding hydrogens is 486 g/mol. The third-order valence-electron chi connectivity index (χ3n) is 6.65. The zero-order valence-corrected chi connectivity index (χ0v) is 23.1. The first-order valence-electron chi connectivity index (χ1n) is 12.7. The second-order valence-electron chi connectivity index (χ2n) is 9.52. The quantitative estimate of drug-likeness (QED) is 0.401. The Balaban J connectivity index is 1.88. The van der Waals surface area contributed by atoms with Gasteiger partial charge in [0.25, 0.3) is 0 Å². The molecule has 3 aromatic rings. The molecule has 0 aliphatic heterocycles. The van der Waals surface area contributed by atoms with Crippen LogP contribution in [-0.4, -0.2) is 55.1 Å². The van der Waals surface area contributed by atoms with E-state index in [-0.39, 0.29) is 29.9 Å². The van der Waals surface area contributed by atoms with Crippen molar-refractivity contribution in [2.45, 2.75) is 64.1 Å². The summed E-state index contributed by atoms with van der Waals surface area (Å²) >= 11 is 0. The lowest BCUT2D eigenvalue weighted by molar-refractivity contribution is -0.141. The Labute approximate surface area is 220 Å². The van der Waals surface area contributed by atoms with Crippen molar-refractivity contribution in [3.8, 4) is 0 Å². The first-order valence-corrected chi connectivity index (χ1v) is 14.1. The number of carbonyl (C=O) groups is 2. The van der Waals surface area contributed by atoms with Crippen LogP contribution in [0.15, 0.2) is 71.6 Å². The van der Waals surface area contributed by atoms with Gasteiger partial charge in [0.1, 0.15) is 6.04 Å². The molecule has 37 heavy (non-hydrogen) atoms. The second kappa shape index (κ2) is 12.3. The van der Waals surface area contributed by atoms with E-state index in [0.717, 1.165) is 32.6 Å². The van der Waals surface area contributed by atoms with Crippen molar-refractivity contribution >= 4 is 32.6 Å². The SMILES string of the molecule is CC[C@@H](C)NC(=O)[C@H](CC)N(Cc1ccc(C)cc1)C(=O)CN(C)S(=O)(=O)c1ccc2ccccc2c1. The van der Waals surface area contributed by atoms with E-state index >= 15 is 0 Å². The van der Waals surface area contributed by atoms with E-state index in [4.69, 9.17) is 0 Å². The number of hydrogen-bond donors (Lipinski definition) is 1. The molecule has 0 saturated heterocycles. The molecule has 0 aliphatic rings. The normalized spacial score (nSPS) is 13.4. The molecule has 0 aliphatic carbocycles. The number of fused-ring (bicyclic) bond motifs is 1. The van der Waals surface area contributed by atoms with Gasteiger partial charge in [-0.1, -0.05) is 74.0 Å². The number of likely N-dealkylation sites (N-methyl/N-ethyl adjacent to an activating group) is 1. The highest BCUT2D eigenvalue weighted by Gasteiger charge is 2.32. The summed E-state index contributed by atoms with van der Waals surface area (Å²) in [4.78, 5) is 28.4. The summed E-state index contributed by atoms with van der Waals surface area (Å²) < 4.78 is 27.8.